The number of nitrogens with zero attached hydrogens (tertiary/aromatic N) is 3. The van der Waals surface area contributed by atoms with E-state index in [1.807, 2.05) is 0 Å². The number of hydrogen-bond donors (Lipinski definition) is 7. The predicted octanol–water partition coefficient (Wildman–Crippen LogP) is 1.04. The molecule has 206 valence electrons. The standard InChI is InChI=1S/C16H17N4O14P3S/c1-16(23)10(21)14(32-36(27,28)34-37(29,30)33-35(24,25)26)31-15(16)20-4-7-6-2-3-38-9(6)13(22)19-11-8(7)12(20)18-5-17-11/h2-5,10,14-15,21,23H,1H3,(H,27,28)(H,29,30)(H2,24,25,26)(H,17,18,19,22)/t10-,14?,15-,16-/m1/s1. The second-order valence-corrected chi connectivity index (χ2v) is 13.5. The highest BCUT2D eigenvalue weighted by atomic mass is 32.1. The highest BCUT2D eigenvalue weighted by molar-refractivity contribution is 7.66. The number of thiophene rings is 1. The molecule has 3 aromatic rings. The summed E-state index contributed by atoms with van der Waals surface area (Å²) >= 11 is 1.17. The number of aliphatic hydroxyl groups is 2. The second kappa shape index (κ2) is 9.05. The molecular formula is C16H17N4O14P3S. The summed E-state index contributed by atoms with van der Waals surface area (Å²) in [5.41, 5.74) is -1.14. The molecule has 0 spiro atoms. The van der Waals surface area contributed by atoms with Crippen molar-refractivity contribution in [3.8, 4) is 11.1 Å². The van der Waals surface area contributed by atoms with Gasteiger partial charge in [0.25, 0.3) is 5.91 Å². The van der Waals surface area contributed by atoms with Gasteiger partial charge in [-0.1, -0.05) is 0 Å². The third-order valence-electron chi connectivity index (χ3n) is 5.53. The zero-order valence-electron chi connectivity index (χ0n) is 18.6. The number of ether oxygens (including phenoxy) is 1. The molecule has 1 fully saturated rings. The summed E-state index contributed by atoms with van der Waals surface area (Å²) in [6.07, 6.45) is -3.24. The van der Waals surface area contributed by atoms with E-state index < -0.39 is 53.6 Å². The number of aliphatic hydroxyl groups excluding tert-OH is 1. The van der Waals surface area contributed by atoms with Crippen LogP contribution in [0.2, 0.25) is 0 Å². The molecule has 2 aliphatic heterocycles. The van der Waals surface area contributed by atoms with Crippen LogP contribution in [0.15, 0.2) is 24.0 Å². The Bertz CT molecular complexity index is 1600. The van der Waals surface area contributed by atoms with Crippen molar-refractivity contribution in [2.45, 2.75) is 31.1 Å². The minimum Gasteiger partial charge on any atom is -0.385 e. The van der Waals surface area contributed by atoms with Crippen molar-refractivity contribution in [3.05, 3.63) is 28.8 Å². The lowest BCUT2D eigenvalue weighted by atomic mass is 9.99. The molecule has 18 nitrogen and oxygen atoms in total. The van der Waals surface area contributed by atoms with Crippen LogP contribution in [0.5, 0.6) is 0 Å². The lowest BCUT2D eigenvalue weighted by Crippen LogP contribution is -2.43. The SMILES string of the molecule is C[C@@]1(O)[C@H](O)C(OP(=O)(O)OP(=O)(O)OP(=O)(O)O)O[C@H]1n1cc2c3c(ncnc31)NC(=O)c1sccc1-2. The Balaban J connectivity index is 1.49. The number of anilines is 1. The molecule has 5 rings (SSSR count). The smallest absolute Gasteiger partial charge is 0.385 e. The Morgan fingerprint density at radius 2 is 1.84 bits per heavy atom. The minimum absolute atomic E-state index is 0.126. The van der Waals surface area contributed by atoms with E-state index in [0.717, 1.165) is 13.3 Å². The molecule has 0 aromatic carbocycles. The molecule has 2 aliphatic rings. The van der Waals surface area contributed by atoms with Crippen molar-refractivity contribution < 1.29 is 66.2 Å². The monoisotopic (exact) mass is 614 g/mol. The maximum atomic E-state index is 12.6. The van der Waals surface area contributed by atoms with Crippen LogP contribution in [0.1, 0.15) is 22.8 Å². The third-order valence-corrected chi connectivity index (χ3v) is 10.2. The van der Waals surface area contributed by atoms with Crippen LogP contribution in [-0.4, -0.2) is 68.2 Å². The summed E-state index contributed by atoms with van der Waals surface area (Å²) in [7, 11) is -17.2. The van der Waals surface area contributed by atoms with Crippen molar-refractivity contribution in [1.82, 2.24) is 14.5 Å². The van der Waals surface area contributed by atoms with Gasteiger partial charge < -0.3 is 44.4 Å². The molecule has 3 aromatic heterocycles. The first-order chi connectivity index (χ1) is 17.5. The first kappa shape index (κ1) is 27.6. The van der Waals surface area contributed by atoms with Gasteiger partial charge in [-0.15, -0.1) is 11.3 Å². The van der Waals surface area contributed by atoms with Gasteiger partial charge in [-0.25, -0.2) is 23.7 Å². The first-order valence-electron chi connectivity index (χ1n) is 10.1. The fourth-order valence-corrected chi connectivity index (χ4v) is 7.94. The molecular weight excluding hydrogens is 597 g/mol. The lowest BCUT2D eigenvalue weighted by Gasteiger charge is -2.27. The first-order valence-corrected chi connectivity index (χ1v) is 15.5. The maximum Gasteiger partial charge on any atom is 0.490 e. The van der Waals surface area contributed by atoms with Gasteiger partial charge in [-0.2, -0.15) is 8.62 Å². The lowest BCUT2D eigenvalue weighted by molar-refractivity contribution is -0.134. The van der Waals surface area contributed by atoms with Crippen molar-refractivity contribution in [2.24, 2.45) is 0 Å². The normalized spacial score (nSPS) is 28.4. The number of rotatable bonds is 7. The number of amides is 1. The van der Waals surface area contributed by atoms with E-state index in [2.05, 4.69) is 28.4 Å². The fraction of sp³-hybridized carbons (Fsp3) is 0.312. The quantitative estimate of drug-likeness (QED) is 0.183. The van der Waals surface area contributed by atoms with Crippen molar-refractivity contribution >= 4 is 57.6 Å². The molecule has 38 heavy (non-hydrogen) atoms. The van der Waals surface area contributed by atoms with E-state index in [-0.39, 0.29) is 11.5 Å². The number of carbonyl (C=O) groups is 1. The van der Waals surface area contributed by atoms with Gasteiger partial charge in [0.05, 0.1) is 5.39 Å². The van der Waals surface area contributed by atoms with Crippen molar-refractivity contribution in [1.29, 1.82) is 0 Å². The van der Waals surface area contributed by atoms with Gasteiger partial charge in [-0.3, -0.25) is 9.32 Å². The fourth-order valence-electron chi connectivity index (χ4n) is 4.04. The number of carbonyl (C=O) groups excluding carboxylic acids is 1. The van der Waals surface area contributed by atoms with Gasteiger partial charge in [0, 0.05) is 17.3 Å². The summed E-state index contributed by atoms with van der Waals surface area (Å²) < 4.78 is 53.4. The Hall–Kier alpha value is -1.92. The number of hydrogen-bond acceptors (Lipinski definition) is 13. The average molecular weight is 614 g/mol. The van der Waals surface area contributed by atoms with Gasteiger partial charge >= 0.3 is 23.5 Å². The zero-order chi connectivity index (χ0) is 27.8. The van der Waals surface area contributed by atoms with E-state index in [9.17, 15) is 38.5 Å². The summed E-state index contributed by atoms with van der Waals surface area (Å²) in [6, 6.07) is 1.68. The minimum atomic E-state index is -5.84. The molecule has 0 bridgehead atoms. The van der Waals surface area contributed by atoms with Crippen molar-refractivity contribution in [3.63, 3.8) is 0 Å². The topological polar surface area (TPSA) is 269 Å². The van der Waals surface area contributed by atoms with E-state index in [0.29, 0.717) is 21.4 Å². The summed E-state index contributed by atoms with van der Waals surface area (Å²) in [4.78, 5) is 57.7. The molecule has 0 saturated carbocycles. The highest BCUT2D eigenvalue weighted by Gasteiger charge is 2.57. The van der Waals surface area contributed by atoms with Gasteiger partial charge in [0.1, 0.15) is 34.4 Å². The molecule has 0 radical (unpaired) electrons. The molecule has 1 saturated heterocycles. The zero-order valence-corrected chi connectivity index (χ0v) is 22.1. The molecule has 5 heterocycles. The number of aromatic nitrogens is 3. The van der Waals surface area contributed by atoms with Gasteiger partial charge in [0.15, 0.2) is 6.23 Å². The van der Waals surface area contributed by atoms with Crippen LogP contribution in [0.4, 0.5) is 5.82 Å². The van der Waals surface area contributed by atoms with Crippen LogP contribution in [0.3, 0.4) is 0 Å². The Labute approximate surface area is 214 Å². The molecule has 6 atom stereocenters. The van der Waals surface area contributed by atoms with E-state index in [1.165, 1.54) is 22.1 Å². The summed E-state index contributed by atoms with van der Waals surface area (Å²) in [5, 5.41) is 26.4. The maximum absolute atomic E-state index is 12.6. The molecule has 0 aliphatic carbocycles. The van der Waals surface area contributed by atoms with Gasteiger partial charge in [0.2, 0.25) is 6.29 Å². The van der Waals surface area contributed by atoms with Crippen LogP contribution in [0.25, 0.3) is 22.2 Å². The summed E-state index contributed by atoms with van der Waals surface area (Å²) in [6.45, 7) is 1.10. The van der Waals surface area contributed by atoms with E-state index in [4.69, 9.17) is 14.5 Å². The molecule has 7 N–H and O–H groups in total. The number of phosphoric ester groups is 1. The Morgan fingerprint density at radius 1 is 1.13 bits per heavy atom. The van der Waals surface area contributed by atoms with Crippen LogP contribution in [0, 0.1) is 0 Å². The molecule has 3 unspecified atom stereocenters. The van der Waals surface area contributed by atoms with Crippen molar-refractivity contribution in [2.75, 3.05) is 5.32 Å². The van der Waals surface area contributed by atoms with Gasteiger partial charge in [-0.05, 0) is 18.4 Å². The number of fused-ring (bicyclic) bond motifs is 2. The van der Waals surface area contributed by atoms with E-state index in [1.54, 1.807) is 11.4 Å². The average Bonchev–Trinajstić information content (AvgIpc) is 3.41. The van der Waals surface area contributed by atoms with Crippen LogP contribution >= 0.6 is 34.8 Å². The largest absolute Gasteiger partial charge is 0.490 e. The van der Waals surface area contributed by atoms with E-state index >= 15 is 0 Å². The Morgan fingerprint density at radius 3 is 2.53 bits per heavy atom. The highest BCUT2D eigenvalue weighted by Crippen LogP contribution is 2.67. The molecule has 22 heteroatoms. The number of nitrogens with one attached hydrogen (secondary N) is 1. The summed E-state index contributed by atoms with van der Waals surface area (Å²) in [5.74, 6) is -0.242. The van der Waals surface area contributed by atoms with Crippen LogP contribution < -0.4 is 5.32 Å². The third kappa shape index (κ3) is 4.92. The second-order valence-electron chi connectivity index (χ2n) is 8.21. The Kier molecular flexibility index (Phi) is 6.59. The molecule has 1 amide bonds. The number of phosphoric acid groups is 3. The van der Waals surface area contributed by atoms with Crippen LogP contribution in [-0.2, 0) is 31.6 Å². The predicted molar refractivity (Wildman–Crippen MR) is 124 cm³/mol.